The highest BCUT2D eigenvalue weighted by molar-refractivity contribution is 7.98. The topological polar surface area (TPSA) is 96.3 Å². The second kappa shape index (κ2) is 7.67. The van der Waals surface area contributed by atoms with Crippen LogP contribution in [0.3, 0.4) is 0 Å². The number of carboxylic acids is 1. The van der Waals surface area contributed by atoms with Gasteiger partial charge in [-0.05, 0) is 24.5 Å². The summed E-state index contributed by atoms with van der Waals surface area (Å²) in [7, 11) is 1.78. The number of urea groups is 1. The summed E-state index contributed by atoms with van der Waals surface area (Å²) in [6, 6.07) is 0.415. The third-order valence-corrected chi connectivity index (χ3v) is 3.06. The number of hydrogen-bond acceptors (Lipinski definition) is 4. The molecule has 19 heavy (non-hydrogen) atoms. The molecule has 0 radical (unpaired) electrons. The molecule has 1 aromatic rings. The van der Waals surface area contributed by atoms with Gasteiger partial charge in [-0.2, -0.15) is 16.9 Å². The van der Waals surface area contributed by atoms with Crippen LogP contribution < -0.4 is 10.6 Å². The Balaban J connectivity index is 2.37. The summed E-state index contributed by atoms with van der Waals surface area (Å²) in [6.45, 7) is 0.265. The Morgan fingerprint density at radius 1 is 1.58 bits per heavy atom. The van der Waals surface area contributed by atoms with Crippen molar-refractivity contribution >= 4 is 23.8 Å². The van der Waals surface area contributed by atoms with Crippen molar-refractivity contribution in [3.05, 3.63) is 18.0 Å². The van der Waals surface area contributed by atoms with Crippen LogP contribution in [0.25, 0.3) is 0 Å². The Labute approximate surface area is 115 Å². The van der Waals surface area contributed by atoms with E-state index in [4.69, 9.17) is 5.11 Å². The lowest BCUT2D eigenvalue weighted by molar-refractivity contribution is -0.139. The zero-order valence-electron chi connectivity index (χ0n) is 10.9. The lowest BCUT2D eigenvalue weighted by atomic mass is 10.2. The predicted octanol–water partition coefficient (Wildman–Crippen LogP) is 0.426. The van der Waals surface area contributed by atoms with Crippen molar-refractivity contribution in [2.75, 3.05) is 12.0 Å². The molecule has 3 N–H and O–H groups in total. The highest BCUT2D eigenvalue weighted by atomic mass is 32.2. The second-order valence-corrected chi connectivity index (χ2v) is 4.97. The highest BCUT2D eigenvalue weighted by Gasteiger charge is 2.19. The van der Waals surface area contributed by atoms with Gasteiger partial charge in [0.15, 0.2) is 0 Å². The van der Waals surface area contributed by atoms with Crippen LogP contribution in [0.4, 0.5) is 4.79 Å². The zero-order valence-corrected chi connectivity index (χ0v) is 11.7. The number of carbonyl (C=O) groups excluding carboxylic acids is 1. The summed E-state index contributed by atoms with van der Waals surface area (Å²) < 4.78 is 1.63. The minimum Gasteiger partial charge on any atom is -0.480 e. The molecule has 8 heteroatoms. The van der Waals surface area contributed by atoms with Gasteiger partial charge in [0.05, 0.1) is 12.2 Å². The molecule has 0 bridgehead atoms. The standard InChI is InChI=1S/C11H18N4O3S/c1-15-5-3-8(14-15)7-12-11(18)13-9(10(16)17)4-6-19-2/h3,5,9H,4,6-7H2,1-2H3,(H,16,17)(H2,12,13,18). The first-order chi connectivity index (χ1) is 9.02. The van der Waals surface area contributed by atoms with Crippen molar-refractivity contribution in [1.29, 1.82) is 0 Å². The number of hydrogen-bond donors (Lipinski definition) is 3. The van der Waals surface area contributed by atoms with Crippen molar-refractivity contribution in [3.8, 4) is 0 Å². The molecule has 1 heterocycles. The maximum Gasteiger partial charge on any atom is 0.326 e. The van der Waals surface area contributed by atoms with E-state index in [1.54, 1.807) is 24.0 Å². The van der Waals surface area contributed by atoms with E-state index >= 15 is 0 Å². The van der Waals surface area contributed by atoms with Gasteiger partial charge < -0.3 is 15.7 Å². The van der Waals surface area contributed by atoms with Crippen LogP contribution in [-0.4, -0.2) is 44.9 Å². The van der Waals surface area contributed by atoms with Crippen molar-refractivity contribution in [2.45, 2.75) is 19.0 Å². The van der Waals surface area contributed by atoms with Crippen LogP contribution in [-0.2, 0) is 18.4 Å². The largest absolute Gasteiger partial charge is 0.480 e. The van der Waals surface area contributed by atoms with E-state index in [0.29, 0.717) is 17.9 Å². The van der Waals surface area contributed by atoms with Gasteiger partial charge in [-0.15, -0.1) is 0 Å². The number of carbonyl (C=O) groups is 2. The fourth-order valence-corrected chi connectivity index (χ4v) is 1.90. The minimum atomic E-state index is -1.03. The first kappa shape index (κ1) is 15.4. The fourth-order valence-electron chi connectivity index (χ4n) is 1.43. The van der Waals surface area contributed by atoms with Gasteiger partial charge in [0.25, 0.3) is 0 Å². The average Bonchev–Trinajstić information content (AvgIpc) is 2.77. The van der Waals surface area contributed by atoms with E-state index in [9.17, 15) is 9.59 Å². The van der Waals surface area contributed by atoms with Crippen LogP contribution in [0.5, 0.6) is 0 Å². The summed E-state index contributed by atoms with van der Waals surface area (Å²) >= 11 is 1.54. The van der Waals surface area contributed by atoms with Crippen molar-refractivity contribution < 1.29 is 14.7 Å². The van der Waals surface area contributed by atoms with E-state index in [-0.39, 0.29) is 6.54 Å². The summed E-state index contributed by atoms with van der Waals surface area (Å²) in [6.07, 6.45) is 4.06. The third-order valence-electron chi connectivity index (χ3n) is 2.41. The monoisotopic (exact) mass is 286 g/mol. The predicted molar refractivity (Wildman–Crippen MR) is 73.0 cm³/mol. The number of nitrogens with one attached hydrogen (secondary N) is 2. The lowest BCUT2D eigenvalue weighted by Gasteiger charge is -2.14. The van der Waals surface area contributed by atoms with Crippen LogP contribution in [0.15, 0.2) is 12.3 Å². The molecule has 0 aromatic carbocycles. The van der Waals surface area contributed by atoms with E-state index in [1.807, 2.05) is 6.26 Å². The van der Waals surface area contributed by atoms with Gasteiger partial charge in [-0.3, -0.25) is 4.68 Å². The van der Waals surface area contributed by atoms with Gasteiger partial charge >= 0.3 is 12.0 Å². The number of rotatable bonds is 7. The van der Waals surface area contributed by atoms with Gasteiger partial charge in [0.2, 0.25) is 0 Å². The molecule has 0 aliphatic heterocycles. The average molecular weight is 286 g/mol. The number of thioether (sulfide) groups is 1. The van der Waals surface area contributed by atoms with E-state index in [0.717, 1.165) is 0 Å². The molecule has 0 aliphatic carbocycles. The lowest BCUT2D eigenvalue weighted by Crippen LogP contribution is -2.46. The summed E-state index contributed by atoms with van der Waals surface area (Å²) in [4.78, 5) is 22.5. The van der Waals surface area contributed by atoms with Crippen molar-refractivity contribution in [1.82, 2.24) is 20.4 Å². The molecular formula is C11H18N4O3S. The summed E-state index contributed by atoms with van der Waals surface area (Å²) in [5, 5.41) is 18.1. The molecule has 0 aliphatic rings. The Kier molecular flexibility index (Phi) is 6.20. The molecule has 1 aromatic heterocycles. The summed E-state index contributed by atoms with van der Waals surface area (Å²) in [5.41, 5.74) is 0.716. The Bertz CT molecular complexity index is 435. The molecule has 2 amide bonds. The normalized spacial score (nSPS) is 11.9. The van der Waals surface area contributed by atoms with E-state index in [1.165, 1.54) is 11.8 Å². The van der Waals surface area contributed by atoms with E-state index in [2.05, 4.69) is 15.7 Å². The first-order valence-corrected chi connectivity index (χ1v) is 7.17. The van der Waals surface area contributed by atoms with Gasteiger partial charge in [0, 0.05) is 13.2 Å². The van der Waals surface area contributed by atoms with Crippen LogP contribution in [0.1, 0.15) is 12.1 Å². The van der Waals surface area contributed by atoms with Crippen LogP contribution in [0.2, 0.25) is 0 Å². The Hall–Kier alpha value is -1.70. The maximum atomic E-state index is 11.6. The molecule has 0 saturated carbocycles. The number of aryl methyl sites for hydroxylation is 1. The molecule has 106 valence electrons. The molecule has 0 spiro atoms. The molecular weight excluding hydrogens is 268 g/mol. The fraction of sp³-hybridized carbons (Fsp3) is 0.545. The number of nitrogens with zero attached hydrogens (tertiary/aromatic N) is 2. The Morgan fingerprint density at radius 2 is 2.32 bits per heavy atom. The first-order valence-electron chi connectivity index (χ1n) is 5.77. The van der Waals surface area contributed by atoms with E-state index < -0.39 is 18.0 Å². The molecule has 0 fully saturated rings. The third kappa shape index (κ3) is 5.64. The minimum absolute atomic E-state index is 0.265. The molecule has 0 saturated heterocycles. The highest BCUT2D eigenvalue weighted by Crippen LogP contribution is 2.01. The van der Waals surface area contributed by atoms with Crippen molar-refractivity contribution in [3.63, 3.8) is 0 Å². The zero-order chi connectivity index (χ0) is 14.3. The molecule has 1 rings (SSSR count). The number of amides is 2. The van der Waals surface area contributed by atoms with Gasteiger partial charge in [-0.25, -0.2) is 9.59 Å². The number of carboxylic acid groups (broad SMARTS) is 1. The van der Waals surface area contributed by atoms with Crippen LogP contribution in [0, 0.1) is 0 Å². The maximum absolute atomic E-state index is 11.6. The van der Waals surface area contributed by atoms with Crippen molar-refractivity contribution in [2.24, 2.45) is 7.05 Å². The Morgan fingerprint density at radius 3 is 2.84 bits per heavy atom. The molecule has 1 unspecified atom stereocenters. The second-order valence-electron chi connectivity index (χ2n) is 3.98. The quantitative estimate of drug-likeness (QED) is 0.675. The number of aliphatic carboxylic acids is 1. The molecule has 7 nitrogen and oxygen atoms in total. The molecule has 1 atom stereocenters. The van der Waals surface area contributed by atoms with Gasteiger partial charge in [-0.1, -0.05) is 0 Å². The van der Waals surface area contributed by atoms with Crippen LogP contribution >= 0.6 is 11.8 Å². The number of aromatic nitrogens is 2. The van der Waals surface area contributed by atoms with Gasteiger partial charge in [0.1, 0.15) is 6.04 Å². The SMILES string of the molecule is CSCCC(NC(=O)NCc1ccn(C)n1)C(=O)O. The smallest absolute Gasteiger partial charge is 0.326 e. The summed E-state index contributed by atoms with van der Waals surface area (Å²) in [5.74, 6) is -0.348.